The number of fused-ring (bicyclic) bond motifs is 1. The van der Waals surface area contributed by atoms with E-state index in [1.165, 1.54) is 16.5 Å². The van der Waals surface area contributed by atoms with Crippen molar-refractivity contribution in [2.24, 2.45) is 10.8 Å². The Morgan fingerprint density at radius 2 is 1.68 bits per heavy atom. The van der Waals surface area contributed by atoms with Gasteiger partial charge in [0.05, 0.1) is 12.3 Å². The fourth-order valence-corrected chi connectivity index (χ4v) is 5.48. The number of nitrogens with zero attached hydrogens (tertiary/aromatic N) is 2. The number of benzene rings is 1. The number of piperidine rings is 2. The zero-order valence-corrected chi connectivity index (χ0v) is 13.2. The van der Waals surface area contributed by atoms with E-state index in [1.54, 1.807) is 0 Å². The van der Waals surface area contributed by atoms with Crippen molar-refractivity contribution in [3.63, 3.8) is 0 Å². The average molecular weight is 297 g/mol. The Balaban J connectivity index is 1.58. The largest absolute Gasteiger partial charge is 0.392 e. The van der Waals surface area contributed by atoms with Gasteiger partial charge in [0.15, 0.2) is 0 Å². The smallest absolute Gasteiger partial charge is 0.0887 e. The van der Waals surface area contributed by atoms with Gasteiger partial charge in [-0.2, -0.15) is 0 Å². The Bertz CT molecular complexity index is 714. The molecule has 0 saturated carbocycles. The first-order valence-corrected chi connectivity index (χ1v) is 8.22. The molecule has 0 unspecified atom stereocenters. The molecule has 4 saturated heterocycles. The molecule has 6 rings (SSSR count). The Hall–Kier alpha value is -1.36. The second-order valence-corrected chi connectivity index (χ2v) is 8.22. The summed E-state index contributed by atoms with van der Waals surface area (Å²) in [6.45, 7) is 8.47. The Morgan fingerprint density at radius 3 is 2.32 bits per heavy atom. The molecule has 1 aromatic heterocycles. The summed E-state index contributed by atoms with van der Waals surface area (Å²) in [5, 5.41) is 12.0. The van der Waals surface area contributed by atoms with Gasteiger partial charge in [-0.3, -0.25) is 9.80 Å². The normalized spacial score (nSPS) is 46.5. The van der Waals surface area contributed by atoms with Crippen molar-refractivity contribution in [3.05, 3.63) is 36.0 Å². The maximum atomic E-state index is 10.8. The molecule has 5 heterocycles. The van der Waals surface area contributed by atoms with E-state index in [4.69, 9.17) is 0 Å². The van der Waals surface area contributed by atoms with E-state index in [2.05, 4.69) is 52.9 Å². The minimum absolute atomic E-state index is 0.0122. The molecular formula is C18H23N3O. The van der Waals surface area contributed by atoms with Crippen LogP contribution in [0.1, 0.15) is 25.6 Å². The van der Waals surface area contributed by atoms with Crippen molar-refractivity contribution in [2.75, 3.05) is 26.2 Å². The predicted molar refractivity (Wildman–Crippen MR) is 86.4 cm³/mol. The van der Waals surface area contributed by atoms with Crippen LogP contribution in [-0.2, 0) is 0 Å². The SMILES string of the molecule is CC12CN3CC(C)(CN(C1)C3c1ccc3cc[nH]c3c1)C2O. The van der Waals surface area contributed by atoms with Crippen LogP contribution in [0.3, 0.4) is 0 Å². The Labute approximate surface area is 130 Å². The first-order chi connectivity index (χ1) is 10.5. The summed E-state index contributed by atoms with van der Waals surface area (Å²) in [5.74, 6) is 0. The summed E-state index contributed by atoms with van der Waals surface area (Å²) in [4.78, 5) is 8.47. The van der Waals surface area contributed by atoms with Crippen molar-refractivity contribution >= 4 is 10.9 Å². The van der Waals surface area contributed by atoms with Crippen LogP contribution in [0.15, 0.2) is 30.5 Å². The summed E-state index contributed by atoms with van der Waals surface area (Å²) in [6.07, 6.45) is 2.19. The molecule has 1 aromatic carbocycles. The van der Waals surface area contributed by atoms with Crippen LogP contribution in [0.5, 0.6) is 0 Å². The molecule has 4 bridgehead atoms. The highest BCUT2D eigenvalue weighted by atomic mass is 16.3. The molecular weight excluding hydrogens is 274 g/mol. The third kappa shape index (κ3) is 1.53. The van der Waals surface area contributed by atoms with Gasteiger partial charge in [-0.1, -0.05) is 26.0 Å². The number of hydrogen-bond donors (Lipinski definition) is 2. The van der Waals surface area contributed by atoms with Gasteiger partial charge < -0.3 is 10.1 Å². The minimum Gasteiger partial charge on any atom is -0.392 e. The lowest BCUT2D eigenvalue weighted by Gasteiger charge is -2.68. The molecule has 4 aliphatic rings. The summed E-state index contributed by atoms with van der Waals surface area (Å²) < 4.78 is 0. The molecule has 0 atom stereocenters. The lowest BCUT2D eigenvalue weighted by molar-refractivity contribution is -0.253. The van der Waals surface area contributed by atoms with Crippen molar-refractivity contribution in [1.29, 1.82) is 0 Å². The van der Waals surface area contributed by atoms with E-state index < -0.39 is 0 Å². The predicted octanol–water partition coefficient (Wildman–Crippen LogP) is 2.18. The van der Waals surface area contributed by atoms with Crippen molar-refractivity contribution in [1.82, 2.24) is 14.8 Å². The standard InChI is InChI=1S/C18H23N3O/c1-17-8-20-10-18(2,16(17)22)11-21(9-17)15(20)13-4-3-12-5-6-19-14(12)7-13/h3-7,15-16,19,22H,8-11H2,1-2H3. The number of aromatic amines is 1. The number of nitrogens with one attached hydrogen (secondary N) is 1. The van der Waals surface area contributed by atoms with Gasteiger partial charge in [0, 0.05) is 48.7 Å². The van der Waals surface area contributed by atoms with Crippen LogP contribution in [0.2, 0.25) is 0 Å². The third-order valence-electron chi connectivity index (χ3n) is 6.15. The number of hydrogen-bond acceptors (Lipinski definition) is 3. The highest BCUT2D eigenvalue weighted by molar-refractivity contribution is 5.80. The Morgan fingerprint density at radius 1 is 1.05 bits per heavy atom. The first kappa shape index (κ1) is 13.1. The quantitative estimate of drug-likeness (QED) is 0.848. The van der Waals surface area contributed by atoms with Gasteiger partial charge in [-0.05, 0) is 23.1 Å². The first-order valence-electron chi connectivity index (χ1n) is 8.22. The van der Waals surface area contributed by atoms with E-state index in [1.807, 2.05) is 6.20 Å². The molecule has 0 radical (unpaired) electrons. The number of H-pyrrole nitrogens is 1. The van der Waals surface area contributed by atoms with Gasteiger partial charge in [-0.25, -0.2) is 0 Å². The molecule has 4 aliphatic heterocycles. The average Bonchev–Trinajstić information content (AvgIpc) is 2.91. The Kier molecular flexibility index (Phi) is 2.35. The highest BCUT2D eigenvalue weighted by Gasteiger charge is 2.61. The van der Waals surface area contributed by atoms with E-state index >= 15 is 0 Å². The van der Waals surface area contributed by atoms with Crippen LogP contribution >= 0.6 is 0 Å². The summed E-state index contributed by atoms with van der Waals surface area (Å²) in [7, 11) is 0. The van der Waals surface area contributed by atoms with E-state index in [0.29, 0.717) is 6.17 Å². The van der Waals surface area contributed by atoms with Gasteiger partial charge in [-0.15, -0.1) is 0 Å². The van der Waals surface area contributed by atoms with Crippen molar-refractivity contribution < 1.29 is 5.11 Å². The lowest BCUT2D eigenvalue weighted by atomic mass is 9.60. The van der Waals surface area contributed by atoms with Crippen LogP contribution in [0, 0.1) is 10.8 Å². The fourth-order valence-electron chi connectivity index (χ4n) is 5.48. The number of aliphatic hydroxyl groups excluding tert-OH is 1. The summed E-state index contributed by atoms with van der Waals surface area (Å²) in [5.41, 5.74) is 2.61. The van der Waals surface area contributed by atoms with Gasteiger partial charge in [0.1, 0.15) is 0 Å². The van der Waals surface area contributed by atoms with Gasteiger partial charge in [0.25, 0.3) is 0 Å². The molecule has 4 nitrogen and oxygen atoms in total. The zero-order chi connectivity index (χ0) is 15.1. The van der Waals surface area contributed by atoms with Gasteiger partial charge in [0.2, 0.25) is 0 Å². The highest BCUT2D eigenvalue weighted by Crippen LogP contribution is 2.54. The maximum absolute atomic E-state index is 10.8. The van der Waals surface area contributed by atoms with E-state index in [0.717, 1.165) is 26.2 Å². The summed E-state index contributed by atoms with van der Waals surface area (Å²) >= 11 is 0. The fraction of sp³-hybridized carbons (Fsp3) is 0.556. The molecule has 2 aromatic rings. The second kappa shape index (κ2) is 3.94. The van der Waals surface area contributed by atoms with E-state index in [-0.39, 0.29) is 16.9 Å². The van der Waals surface area contributed by atoms with E-state index in [9.17, 15) is 5.11 Å². The number of rotatable bonds is 1. The third-order valence-corrected chi connectivity index (χ3v) is 6.15. The molecule has 4 heteroatoms. The van der Waals surface area contributed by atoms with Crippen molar-refractivity contribution in [3.8, 4) is 0 Å². The maximum Gasteiger partial charge on any atom is 0.0887 e. The minimum atomic E-state index is -0.181. The molecule has 0 amide bonds. The molecule has 22 heavy (non-hydrogen) atoms. The van der Waals surface area contributed by atoms with Crippen LogP contribution < -0.4 is 0 Å². The number of aromatic nitrogens is 1. The molecule has 4 fully saturated rings. The summed E-state index contributed by atoms with van der Waals surface area (Å²) in [6, 6.07) is 8.90. The number of aliphatic hydroxyl groups is 1. The zero-order valence-electron chi connectivity index (χ0n) is 13.2. The lowest BCUT2D eigenvalue weighted by Crippen LogP contribution is -2.76. The van der Waals surface area contributed by atoms with Crippen LogP contribution in [-0.4, -0.2) is 52.2 Å². The topological polar surface area (TPSA) is 42.5 Å². The van der Waals surface area contributed by atoms with Gasteiger partial charge >= 0.3 is 0 Å². The molecule has 0 spiro atoms. The van der Waals surface area contributed by atoms with Crippen molar-refractivity contribution in [2.45, 2.75) is 26.1 Å². The monoisotopic (exact) mass is 297 g/mol. The van der Waals surface area contributed by atoms with Crippen LogP contribution in [0.25, 0.3) is 10.9 Å². The second-order valence-electron chi connectivity index (χ2n) is 8.22. The van der Waals surface area contributed by atoms with Crippen LogP contribution in [0.4, 0.5) is 0 Å². The molecule has 0 aliphatic carbocycles. The molecule has 2 N–H and O–H groups in total. The molecule has 116 valence electrons.